The average molecular weight is 315 g/mol. The highest BCUT2D eigenvalue weighted by atomic mass is 32.2. The van der Waals surface area contributed by atoms with E-state index in [4.69, 9.17) is 0 Å². The van der Waals surface area contributed by atoms with Crippen LogP contribution in [0.15, 0.2) is 28.5 Å². The van der Waals surface area contributed by atoms with E-state index in [9.17, 15) is 16.8 Å². The summed E-state index contributed by atoms with van der Waals surface area (Å²) in [5, 5.41) is 1.05. The zero-order valence-electron chi connectivity index (χ0n) is 11.5. The number of aryl methyl sites for hydroxylation is 3. The van der Waals surface area contributed by atoms with Gasteiger partial charge >= 0.3 is 0 Å². The van der Waals surface area contributed by atoms with E-state index in [0.29, 0.717) is 5.56 Å². The van der Waals surface area contributed by atoms with Gasteiger partial charge in [0.1, 0.15) is 0 Å². The summed E-state index contributed by atoms with van der Waals surface area (Å²) in [5.41, 5.74) is 2.54. The van der Waals surface area contributed by atoms with Crippen molar-refractivity contribution in [2.45, 2.75) is 31.7 Å². The Morgan fingerprint density at radius 2 is 1.70 bits per heavy atom. The highest BCUT2D eigenvalue weighted by molar-refractivity contribution is 7.94. The molecule has 0 aromatic heterocycles. The second-order valence-corrected chi connectivity index (χ2v) is 8.70. The quantitative estimate of drug-likeness (QED) is 0.909. The van der Waals surface area contributed by atoms with E-state index in [1.54, 1.807) is 13.0 Å². The van der Waals surface area contributed by atoms with Crippen LogP contribution in [0.5, 0.6) is 0 Å². The Bertz CT molecular complexity index is 777. The maximum absolute atomic E-state index is 12.3. The van der Waals surface area contributed by atoms with Gasteiger partial charge in [0.2, 0.25) is 10.0 Å². The van der Waals surface area contributed by atoms with Crippen LogP contribution in [0.4, 0.5) is 0 Å². The van der Waals surface area contributed by atoms with E-state index in [1.165, 1.54) is 6.08 Å². The number of hydrogen-bond donors (Lipinski definition) is 1. The van der Waals surface area contributed by atoms with Crippen molar-refractivity contribution in [3.05, 3.63) is 40.3 Å². The molecule has 1 aromatic rings. The van der Waals surface area contributed by atoms with Crippen molar-refractivity contribution >= 4 is 19.9 Å². The minimum absolute atomic E-state index is 0.193. The van der Waals surface area contributed by atoms with Gasteiger partial charge in [-0.1, -0.05) is 12.1 Å². The Balaban J connectivity index is 2.33. The second kappa shape index (κ2) is 4.98. The second-order valence-electron chi connectivity index (χ2n) is 5.09. The van der Waals surface area contributed by atoms with Crippen LogP contribution in [0.3, 0.4) is 0 Å². The van der Waals surface area contributed by atoms with Gasteiger partial charge in [0.15, 0.2) is 9.84 Å². The molecule has 1 aliphatic heterocycles. The first kappa shape index (κ1) is 15.2. The maximum Gasteiger partial charge on any atom is 0.241 e. The molecule has 1 N–H and O–H groups in total. The molecule has 0 unspecified atom stereocenters. The Morgan fingerprint density at radius 1 is 1.10 bits per heavy atom. The van der Waals surface area contributed by atoms with Gasteiger partial charge in [0.25, 0.3) is 0 Å². The van der Waals surface area contributed by atoms with E-state index in [2.05, 4.69) is 4.72 Å². The number of benzene rings is 1. The molecular formula is C13H17NO4S2. The van der Waals surface area contributed by atoms with Crippen LogP contribution in [0.25, 0.3) is 0 Å². The van der Waals surface area contributed by atoms with E-state index in [1.807, 2.05) is 19.9 Å². The molecular weight excluding hydrogens is 298 g/mol. The van der Waals surface area contributed by atoms with Gasteiger partial charge in [-0.25, -0.2) is 21.6 Å². The third-order valence-corrected chi connectivity index (χ3v) is 6.34. The molecule has 0 amide bonds. The Kier molecular flexibility index (Phi) is 3.79. The number of sulfone groups is 1. The summed E-state index contributed by atoms with van der Waals surface area (Å²) >= 11 is 0. The van der Waals surface area contributed by atoms with Crippen LogP contribution in [-0.4, -0.2) is 28.6 Å². The molecule has 0 saturated heterocycles. The van der Waals surface area contributed by atoms with Gasteiger partial charge in [-0.05, 0) is 43.5 Å². The van der Waals surface area contributed by atoms with Crippen LogP contribution in [0.2, 0.25) is 0 Å². The smallest absolute Gasteiger partial charge is 0.224 e. The SMILES string of the molecule is Cc1cc(C)c(S(=O)(=O)N[C@@H]2C=CS(=O)(=O)C2)cc1C. The normalized spacial score (nSPS) is 21.2. The molecule has 7 heteroatoms. The molecule has 1 atom stereocenters. The standard InChI is InChI=1S/C13H17NO4S2/c1-9-6-11(3)13(7-10(9)2)20(17,18)14-12-4-5-19(15,16)8-12/h4-7,12,14H,8H2,1-3H3/t12-/m1/s1. The molecule has 0 spiro atoms. The first-order valence-corrected chi connectivity index (χ1v) is 9.32. The summed E-state index contributed by atoms with van der Waals surface area (Å²) in [6.45, 7) is 5.48. The van der Waals surface area contributed by atoms with Crippen LogP contribution in [0.1, 0.15) is 16.7 Å². The zero-order valence-corrected chi connectivity index (χ0v) is 13.2. The Hall–Kier alpha value is -1.18. The first-order valence-electron chi connectivity index (χ1n) is 6.12. The Morgan fingerprint density at radius 3 is 2.25 bits per heavy atom. The molecule has 0 radical (unpaired) electrons. The molecule has 0 fully saturated rings. The summed E-state index contributed by atoms with van der Waals surface area (Å²) in [6.07, 6.45) is 1.36. The summed E-state index contributed by atoms with van der Waals surface area (Å²) in [6, 6.07) is 2.72. The van der Waals surface area contributed by atoms with Crippen molar-refractivity contribution in [2.24, 2.45) is 0 Å². The van der Waals surface area contributed by atoms with E-state index in [0.717, 1.165) is 16.5 Å². The van der Waals surface area contributed by atoms with Crippen molar-refractivity contribution in [3.63, 3.8) is 0 Å². The molecule has 0 saturated carbocycles. The highest BCUT2D eigenvalue weighted by Crippen LogP contribution is 2.21. The van der Waals surface area contributed by atoms with Crippen molar-refractivity contribution < 1.29 is 16.8 Å². The lowest BCUT2D eigenvalue weighted by molar-refractivity contribution is 0.574. The first-order chi connectivity index (χ1) is 9.11. The van der Waals surface area contributed by atoms with Gasteiger partial charge < -0.3 is 0 Å². The van der Waals surface area contributed by atoms with E-state index >= 15 is 0 Å². The molecule has 1 aliphatic rings. The van der Waals surface area contributed by atoms with Gasteiger partial charge in [0.05, 0.1) is 16.7 Å². The van der Waals surface area contributed by atoms with E-state index in [-0.39, 0.29) is 10.6 Å². The molecule has 0 aliphatic carbocycles. The number of sulfonamides is 1. The summed E-state index contributed by atoms with van der Waals surface area (Å²) in [4.78, 5) is 0.193. The molecule has 110 valence electrons. The topological polar surface area (TPSA) is 80.3 Å². The fraction of sp³-hybridized carbons (Fsp3) is 0.385. The highest BCUT2D eigenvalue weighted by Gasteiger charge is 2.27. The van der Waals surface area contributed by atoms with Crippen LogP contribution in [0, 0.1) is 20.8 Å². The van der Waals surface area contributed by atoms with Gasteiger partial charge in [-0.15, -0.1) is 0 Å². The third-order valence-electron chi connectivity index (χ3n) is 3.32. The predicted molar refractivity (Wildman–Crippen MR) is 77.7 cm³/mol. The zero-order chi connectivity index (χ0) is 15.1. The lowest BCUT2D eigenvalue weighted by Gasteiger charge is -2.14. The molecule has 1 aromatic carbocycles. The van der Waals surface area contributed by atoms with Crippen LogP contribution < -0.4 is 4.72 Å². The number of rotatable bonds is 3. The Labute approximate surface area is 119 Å². The van der Waals surface area contributed by atoms with Crippen molar-refractivity contribution in [3.8, 4) is 0 Å². The third kappa shape index (κ3) is 3.11. The molecule has 1 heterocycles. The predicted octanol–water partition coefficient (Wildman–Crippen LogP) is 1.20. The van der Waals surface area contributed by atoms with Gasteiger partial charge in [0, 0.05) is 5.41 Å². The van der Waals surface area contributed by atoms with Crippen LogP contribution >= 0.6 is 0 Å². The summed E-state index contributed by atoms with van der Waals surface area (Å²) in [5.74, 6) is -0.226. The largest absolute Gasteiger partial charge is 0.241 e. The summed E-state index contributed by atoms with van der Waals surface area (Å²) < 4.78 is 49.7. The fourth-order valence-corrected chi connectivity index (χ4v) is 4.98. The fourth-order valence-electron chi connectivity index (χ4n) is 2.14. The van der Waals surface area contributed by atoms with Gasteiger partial charge in [-0.3, -0.25) is 0 Å². The van der Waals surface area contributed by atoms with E-state index < -0.39 is 25.9 Å². The maximum atomic E-state index is 12.3. The summed E-state index contributed by atoms with van der Waals surface area (Å²) in [7, 11) is -7.01. The minimum Gasteiger partial charge on any atom is -0.224 e. The van der Waals surface area contributed by atoms with Crippen molar-refractivity contribution in [1.82, 2.24) is 4.72 Å². The number of nitrogens with one attached hydrogen (secondary N) is 1. The molecule has 5 nitrogen and oxygen atoms in total. The van der Waals surface area contributed by atoms with Crippen molar-refractivity contribution in [1.29, 1.82) is 0 Å². The molecule has 0 bridgehead atoms. The number of hydrogen-bond acceptors (Lipinski definition) is 4. The minimum atomic E-state index is -3.73. The average Bonchev–Trinajstić information content (AvgIpc) is 2.62. The monoisotopic (exact) mass is 315 g/mol. The molecule has 2 rings (SSSR count). The lowest BCUT2D eigenvalue weighted by atomic mass is 10.1. The van der Waals surface area contributed by atoms with Gasteiger partial charge in [-0.2, -0.15) is 0 Å². The van der Waals surface area contributed by atoms with Crippen LogP contribution in [-0.2, 0) is 19.9 Å². The molecule has 20 heavy (non-hydrogen) atoms. The lowest BCUT2D eigenvalue weighted by Crippen LogP contribution is -2.35. The van der Waals surface area contributed by atoms with Crippen molar-refractivity contribution in [2.75, 3.05) is 5.75 Å².